The van der Waals surface area contributed by atoms with Gasteiger partial charge in [0.15, 0.2) is 0 Å². The van der Waals surface area contributed by atoms with Gasteiger partial charge in [-0.3, -0.25) is 0 Å². The molecule has 4 rings (SSSR count). The fourth-order valence-corrected chi connectivity index (χ4v) is 3.95. The molecule has 0 radical (unpaired) electrons. The summed E-state index contributed by atoms with van der Waals surface area (Å²) >= 11 is 0. The second-order valence-corrected chi connectivity index (χ2v) is 6.38. The van der Waals surface area contributed by atoms with Crippen LogP contribution in [0.15, 0.2) is 65.8 Å². The third-order valence-electron chi connectivity index (χ3n) is 5.30. The van der Waals surface area contributed by atoms with Gasteiger partial charge >= 0.3 is 0 Å². The maximum atomic E-state index is 2.61. The number of rotatable bonds is 0. The molecule has 0 amide bonds. The predicted molar refractivity (Wildman–Crippen MR) is 88.9 cm³/mol. The summed E-state index contributed by atoms with van der Waals surface area (Å²) in [5.74, 6) is 0.553. The zero-order valence-corrected chi connectivity index (χ0v) is 12.9. The van der Waals surface area contributed by atoms with Crippen molar-refractivity contribution in [1.29, 1.82) is 0 Å². The fourth-order valence-electron chi connectivity index (χ4n) is 3.95. The minimum atomic E-state index is 0.390. The number of fused-ring (bicyclic) bond motifs is 5. The van der Waals surface area contributed by atoms with Crippen LogP contribution in [0.4, 0.5) is 0 Å². The molecule has 2 unspecified atom stereocenters. The van der Waals surface area contributed by atoms with Crippen LogP contribution in [0.3, 0.4) is 0 Å². The van der Waals surface area contributed by atoms with Crippen molar-refractivity contribution in [3.8, 4) is 0 Å². The van der Waals surface area contributed by atoms with Crippen LogP contribution in [0.25, 0.3) is 5.70 Å². The van der Waals surface area contributed by atoms with Gasteiger partial charge in [-0.15, -0.1) is 0 Å². The maximum Gasteiger partial charge on any atom is 0.0735 e. The summed E-state index contributed by atoms with van der Waals surface area (Å²) < 4.78 is 0. The molecule has 0 bridgehead atoms. The van der Waals surface area contributed by atoms with Crippen molar-refractivity contribution in [2.45, 2.75) is 38.8 Å². The van der Waals surface area contributed by atoms with Gasteiger partial charge in [-0.25, -0.2) is 0 Å². The second kappa shape index (κ2) is 4.49. The average molecular weight is 275 g/mol. The number of hydrogen-bond donors (Lipinski definition) is 0. The number of hydrogen-bond acceptors (Lipinski definition) is 1. The Hall–Kier alpha value is -2.02. The van der Waals surface area contributed by atoms with Crippen molar-refractivity contribution < 1.29 is 0 Å². The SMILES string of the molecule is CC1=CC=CC2C1=CC=C1c3ccccc3C(C)[C@H](C)N12. The highest BCUT2D eigenvalue weighted by Crippen LogP contribution is 2.45. The van der Waals surface area contributed by atoms with Gasteiger partial charge in [0.2, 0.25) is 0 Å². The molecular formula is C20H21N. The highest BCUT2D eigenvalue weighted by molar-refractivity contribution is 5.75. The van der Waals surface area contributed by atoms with Crippen LogP contribution in [0, 0.1) is 0 Å². The Bertz CT molecular complexity index is 717. The van der Waals surface area contributed by atoms with E-state index in [4.69, 9.17) is 0 Å². The van der Waals surface area contributed by atoms with Gasteiger partial charge in [-0.2, -0.15) is 0 Å². The molecule has 2 aliphatic heterocycles. The van der Waals surface area contributed by atoms with Crippen LogP contribution in [-0.4, -0.2) is 17.0 Å². The largest absolute Gasteiger partial charge is 0.357 e. The van der Waals surface area contributed by atoms with E-state index in [0.717, 1.165) is 0 Å². The predicted octanol–water partition coefficient (Wildman–Crippen LogP) is 4.66. The van der Waals surface area contributed by atoms with Crippen LogP contribution < -0.4 is 0 Å². The highest BCUT2D eigenvalue weighted by Gasteiger charge is 2.38. The van der Waals surface area contributed by atoms with E-state index in [0.29, 0.717) is 18.0 Å². The molecule has 0 saturated carbocycles. The molecule has 1 aliphatic carbocycles. The highest BCUT2D eigenvalue weighted by atomic mass is 15.2. The molecule has 1 heteroatoms. The lowest BCUT2D eigenvalue weighted by Gasteiger charge is -2.49. The summed E-state index contributed by atoms with van der Waals surface area (Å²) in [6, 6.07) is 9.77. The minimum Gasteiger partial charge on any atom is -0.357 e. The van der Waals surface area contributed by atoms with E-state index in [9.17, 15) is 0 Å². The first-order valence-electron chi connectivity index (χ1n) is 7.83. The summed E-state index contributed by atoms with van der Waals surface area (Å²) in [6.45, 7) is 6.93. The average Bonchev–Trinajstić information content (AvgIpc) is 2.52. The summed E-state index contributed by atoms with van der Waals surface area (Å²) in [7, 11) is 0. The Labute approximate surface area is 127 Å². The summed E-state index contributed by atoms with van der Waals surface area (Å²) in [5, 5.41) is 0. The van der Waals surface area contributed by atoms with E-state index >= 15 is 0 Å². The normalized spacial score (nSPS) is 29.8. The zero-order chi connectivity index (χ0) is 14.6. The molecule has 21 heavy (non-hydrogen) atoms. The second-order valence-electron chi connectivity index (χ2n) is 6.38. The van der Waals surface area contributed by atoms with Gasteiger partial charge in [0.1, 0.15) is 0 Å². The molecule has 2 heterocycles. The summed E-state index contributed by atoms with van der Waals surface area (Å²) in [5.41, 5.74) is 7.09. The van der Waals surface area contributed by atoms with Crippen molar-refractivity contribution in [2.24, 2.45) is 0 Å². The molecular weight excluding hydrogens is 254 g/mol. The molecule has 3 atom stereocenters. The van der Waals surface area contributed by atoms with Crippen molar-refractivity contribution in [2.75, 3.05) is 0 Å². The van der Waals surface area contributed by atoms with E-state index in [1.807, 2.05) is 0 Å². The smallest absolute Gasteiger partial charge is 0.0735 e. The first-order chi connectivity index (χ1) is 10.2. The van der Waals surface area contributed by atoms with Gasteiger partial charge in [0, 0.05) is 23.2 Å². The summed E-state index contributed by atoms with van der Waals surface area (Å²) in [4.78, 5) is 2.61. The molecule has 106 valence electrons. The van der Waals surface area contributed by atoms with Crippen molar-refractivity contribution in [1.82, 2.24) is 4.90 Å². The maximum absolute atomic E-state index is 2.61. The van der Waals surface area contributed by atoms with E-state index in [1.165, 1.54) is 28.0 Å². The Morgan fingerprint density at radius 2 is 1.81 bits per heavy atom. The van der Waals surface area contributed by atoms with E-state index in [-0.39, 0.29) is 0 Å². The van der Waals surface area contributed by atoms with Crippen LogP contribution in [0.5, 0.6) is 0 Å². The van der Waals surface area contributed by atoms with Crippen LogP contribution in [0.2, 0.25) is 0 Å². The summed E-state index contributed by atoms with van der Waals surface area (Å²) in [6.07, 6.45) is 11.4. The lowest BCUT2D eigenvalue weighted by Crippen LogP contribution is -2.47. The van der Waals surface area contributed by atoms with Crippen LogP contribution in [0.1, 0.15) is 37.8 Å². The van der Waals surface area contributed by atoms with Crippen molar-refractivity contribution in [3.05, 3.63) is 76.9 Å². The molecule has 1 nitrogen and oxygen atoms in total. The lowest BCUT2D eigenvalue weighted by atomic mass is 9.79. The molecule has 1 aromatic rings. The van der Waals surface area contributed by atoms with E-state index in [2.05, 4.69) is 80.3 Å². The Kier molecular flexibility index (Phi) is 2.72. The lowest BCUT2D eigenvalue weighted by molar-refractivity contribution is 0.247. The first-order valence-corrected chi connectivity index (χ1v) is 7.83. The zero-order valence-electron chi connectivity index (χ0n) is 12.9. The van der Waals surface area contributed by atoms with E-state index in [1.54, 1.807) is 0 Å². The third-order valence-corrected chi connectivity index (χ3v) is 5.30. The molecule has 0 aromatic heterocycles. The van der Waals surface area contributed by atoms with Crippen LogP contribution >= 0.6 is 0 Å². The molecule has 1 aromatic carbocycles. The Morgan fingerprint density at radius 1 is 1.00 bits per heavy atom. The number of nitrogens with zero attached hydrogens (tertiary/aromatic N) is 1. The Balaban J connectivity index is 1.93. The quantitative estimate of drug-likeness (QED) is 0.665. The van der Waals surface area contributed by atoms with Crippen molar-refractivity contribution in [3.63, 3.8) is 0 Å². The molecule has 0 spiro atoms. The minimum absolute atomic E-state index is 0.390. The van der Waals surface area contributed by atoms with Gasteiger partial charge in [-0.05, 0) is 36.6 Å². The molecule has 0 saturated heterocycles. The first kappa shape index (κ1) is 12.7. The monoisotopic (exact) mass is 275 g/mol. The van der Waals surface area contributed by atoms with E-state index < -0.39 is 0 Å². The molecule has 0 fully saturated rings. The van der Waals surface area contributed by atoms with Gasteiger partial charge in [-0.1, -0.05) is 55.5 Å². The number of allylic oxidation sites excluding steroid dienone is 4. The fraction of sp³-hybridized carbons (Fsp3) is 0.300. The topological polar surface area (TPSA) is 3.24 Å². The van der Waals surface area contributed by atoms with Gasteiger partial charge in [0.25, 0.3) is 0 Å². The van der Waals surface area contributed by atoms with Crippen LogP contribution in [-0.2, 0) is 0 Å². The standard InChI is InChI=1S/C20H21N/c1-13-7-6-10-19-16(13)11-12-20-18-9-5-4-8-17(18)14(2)15(3)21(19)20/h4-12,14-15,19H,1-3H3/t14?,15-,19?/m0/s1. The van der Waals surface area contributed by atoms with Gasteiger partial charge in [0.05, 0.1) is 6.04 Å². The third kappa shape index (κ3) is 1.70. The number of benzene rings is 1. The Morgan fingerprint density at radius 3 is 2.67 bits per heavy atom. The molecule has 3 aliphatic rings. The van der Waals surface area contributed by atoms with Crippen molar-refractivity contribution >= 4 is 5.70 Å². The van der Waals surface area contributed by atoms with Gasteiger partial charge < -0.3 is 4.90 Å². The molecule has 0 N–H and O–H groups in total.